The Balaban J connectivity index is 1.84. The summed E-state index contributed by atoms with van der Waals surface area (Å²) in [5.41, 5.74) is 9.83. The first-order chi connectivity index (χ1) is 8.74. The first-order valence-electron chi connectivity index (χ1n) is 5.79. The first kappa shape index (κ1) is 12.1. The van der Waals surface area contributed by atoms with Crippen LogP contribution in [-0.4, -0.2) is 0 Å². The molecule has 92 valence electrons. The fraction of sp³-hybridized carbons (Fsp3) is 0.143. The van der Waals surface area contributed by atoms with Gasteiger partial charge in [-0.1, -0.05) is 40.6 Å². The van der Waals surface area contributed by atoms with Gasteiger partial charge in [0.1, 0.15) is 0 Å². The van der Waals surface area contributed by atoms with Crippen LogP contribution in [0.1, 0.15) is 11.1 Å². The van der Waals surface area contributed by atoms with Crippen molar-refractivity contribution in [2.45, 2.75) is 13.8 Å². The predicted molar refractivity (Wildman–Crippen MR) is 73.6 cm³/mol. The highest BCUT2D eigenvalue weighted by atomic mass is 15.6. The van der Waals surface area contributed by atoms with Gasteiger partial charge in [-0.05, 0) is 38.1 Å². The van der Waals surface area contributed by atoms with Gasteiger partial charge in [0.15, 0.2) is 0 Å². The maximum absolute atomic E-state index is 4.03. The molecule has 4 heteroatoms. The van der Waals surface area contributed by atoms with Crippen LogP contribution in [0.3, 0.4) is 0 Å². The molecule has 0 spiro atoms. The van der Waals surface area contributed by atoms with Crippen LogP contribution in [0.5, 0.6) is 0 Å². The number of anilines is 1. The van der Waals surface area contributed by atoms with Crippen molar-refractivity contribution >= 4 is 11.4 Å². The fourth-order valence-electron chi connectivity index (χ4n) is 1.42. The lowest BCUT2D eigenvalue weighted by Crippen LogP contribution is -2.13. The van der Waals surface area contributed by atoms with Crippen molar-refractivity contribution in [1.29, 1.82) is 0 Å². The summed E-state index contributed by atoms with van der Waals surface area (Å²) in [5.74, 6) is 0. The van der Waals surface area contributed by atoms with Crippen molar-refractivity contribution in [2.24, 2.45) is 10.3 Å². The lowest BCUT2D eigenvalue weighted by molar-refractivity contribution is 0.806. The summed E-state index contributed by atoms with van der Waals surface area (Å²) in [6, 6.07) is 15.9. The molecule has 0 aliphatic rings. The summed E-state index contributed by atoms with van der Waals surface area (Å²) < 4.78 is 0. The van der Waals surface area contributed by atoms with Crippen LogP contribution >= 0.6 is 0 Å². The zero-order valence-electron chi connectivity index (χ0n) is 10.5. The molecule has 0 radical (unpaired) electrons. The molecule has 0 aliphatic carbocycles. The van der Waals surface area contributed by atoms with Gasteiger partial charge < -0.3 is 0 Å². The van der Waals surface area contributed by atoms with Gasteiger partial charge in [0.05, 0.1) is 11.4 Å². The third-order valence-corrected chi connectivity index (χ3v) is 2.50. The maximum atomic E-state index is 4.03. The van der Waals surface area contributed by atoms with E-state index < -0.39 is 0 Å². The van der Waals surface area contributed by atoms with Crippen LogP contribution in [0.25, 0.3) is 0 Å². The lowest BCUT2D eigenvalue weighted by atomic mass is 10.2. The monoisotopic (exact) mass is 240 g/mol. The van der Waals surface area contributed by atoms with Gasteiger partial charge in [-0.3, -0.25) is 5.43 Å². The Kier molecular flexibility index (Phi) is 3.91. The molecule has 0 saturated heterocycles. The highest BCUT2D eigenvalue weighted by Gasteiger charge is 1.89. The summed E-state index contributed by atoms with van der Waals surface area (Å²) in [6.45, 7) is 4.09. The maximum Gasteiger partial charge on any atom is 0.0875 e. The molecule has 0 bridgehead atoms. The molecular weight excluding hydrogens is 224 g/mol. The van der Waals surface area contributed by atoms with Crippen molar-refractivity contribution in [2.75, 3.05) is 5.43 Å². The fourth-order valence-corrected chi connectivity index (χ4v) is 1.42. The molecule has 4 nitrogen and oxygen atoms in total. The molecule has 0 fully saturated rings. The molecule has 0 saturated carbocycles. The summed E-state index contributed by atoms with van der Waals surface area (Å²) in [5, 5.41) is 7.88. The van der Waals surface area contributed by atoms with Crippen LogP contribution in [0.4, 0.5) is 11.4 Å². The molecule has 2 N–H and O–H groups in total. The minimum absolute atomic E-state index is 0.818. The van der Waals surface area contributed by atoms with E-state index in [0.29, 0.717) is 0 Å². The highest BCUT2D eigenvalue weighted by molar-refractivity contribution is 5.43. The van der Waals surface area contributed by atoms with Crippen molar-refractivity contribution < 1.29 is 0 Å². The van der Waals surface area contributed by atoms with Gasteiger partial charge in [0.25, 0.3) is 0 Å². The molecule has 0 atom stereocenters. The molecule has 2 rings (SSSR count). The Hall–Kier alpha value is -2.36. The third kappa shape index (κ3) is 3.59. The number of rotatable bonds is 4. The average Bonchev–Trinajstić information content (AvgIpc) is 2.39. The quantitative estimate of drug-likeness (QED) is 0.628. The van der Waals surface area contributed by atoms with E-state index >= 15 is 0 Å². The Morgan fingerprint density at radius 3 is 1.94 bits per heavy atom. The summed E-state index contributed by atoms with van der Waals surface area (Å²) >= 11 is 0. The summed E-state index contributed by atoms with van der Waals surface area (Å²) in [4.78, 5) is 0. The Morgan fingerprint density at radius 2 is 1.33 bits per heavy atom. The second kappa shape index (κ2) is 5.82. The van der Waals surface area contributed by atoms with Gasteiger partial charge in [-0.15, -0.1) is 5.11 Å². The number of hydrazine groups is 1. The predicted octanol–water partition coefficient (Wildman–Crippen LogP) is 3.92. The topological polar surface area (TPSA) is 48.8 Å². The van der Waals surface area contributed by atoms with Crippen molar-refractivity contribution in [3.63, 3.8) is 0 Å². The van der Waals surface area contributed by atoms with E-state index in [1.807, 2.05) is 62.4 Å². The van der Waals surface area contributed by atoms with Crippen LogP contribution < -0.4 is 11.0 Å². The van der Waals surface area contributed by atoms with Crippen LogP contribution in [0, 0.1) is 13.8 Å². The average molecular weight is 240 g/mol. The van der Waals surface area contributed by atoms with Gasteiger partial charge in [0, 0.05) is 0 Å². The van der Waals surface area contributed by atoms with Gasteiger partial charge in [-0.2, -0.15) is 0 Å². The van der Waals surface area contributed by atoms with Gasteiger partial charge in [0.2, 0.25) is 0 Å². The molecule has 0 aromatic heterocycles. The largest absolute Gasteiger partial charge is 0.284 e. The normalized spacial score (nSPS) is 10.6. The van der Waals surface area contributed by atoms with E-state index in [-0.39, 0.29) is 0 Å². The number of nitrogens with zero attached hydrogens (tertiary/aromatic N) is 2. The second-order valence-electron chi connectivity index (χ2n) is 4.14. The minimum Gasteiger partial charge on any atom is -0.284 e. The zero-order chi connectivity index (χ0) is 12.8. The Morgan fingerprint density at radius 1 is 0.778 bits per heavy atom. The SMILES string of the molecule is Cc1ccc(N=NNNc2ccc(C)cc2)cc1. The smallest absolute Gasteiger partial charge is 0.0875 e. The Labute approximate surface area is 107 Å². The van der Waals surface area contributed by atoms with E-state index in [1.54, 1.807) is 0 Å². The zero-order valence-corrected chi connectivity index (χ0v) is 10.5. The highest BCUT2D eigenvalue weighted by Crippen LogP contribution is 2.12. The summed E-state index contributed by atoms with van der Waals surface area (Å²) in [6.07, 6.45) is 0. The second-order valence-corrected chi connectivity index (χ2v) is 4.14. The molecule has 2 aromatic carbocycles. The van der Waals surface area contributed by atoms with E-state index in [9.17, 15) is 0 Å². The molecular formula is C14H16N4. The molecule has 0 heterocycles. The van der Waals surface area contributed by atoms with Crippen LogP contribution in [-0.2, 0) is 0 Å². The standard InChI is InChI=1S/C14H16N4/c1-11-3-7-13(8-4-11)15-17-18-16-14-9-5-12(2)6-10-14/h3-10H,1-2H3,(H,15,18)(H,16,17). The van der Waals surface area contributed by atoms with Crippen molar-refractivity contribution in [3.8, 4) is 0 Å². The van der Waals surface area contributed by atoms with E-state index in [0.717, 1.165) is 11.4 Å². The van der Waals surface area contributed by atoms with Crippen molar-refractivity contribution in [3.05, 3.63) is 59.7 Å². The molecule has 18 heavy (non-hydrogen) atoms. The number of nitrogens with one attached hydrogen (secondary N) is 2. The third-order valence-electron chi connectivity index (χ3n) is 2.50. The van der Waals surface area contributed by atoms with Gasteiger partial charge in [-0.25, -0.2) is 5.53 Å². The molecule has 2 aromatic rings. The molecule has 0 aliphatic heterocycles. The number of hydrogen-bond donors (Lipinski definition) is 2. The van der Waals surface area contributed by atoms with Gasteiger partial charge >= 0.3 is 0 Å². The lowest BCUT2D eigenvalue weighted by Gasteiger charge is -2.03. The van der Waals surface area contributed by atoms with Crippen LogP contribution in [0.15, 0.2) is 58.9 Å². The number of aryl methyl sites for hydroxylation is 2. The van der Waals surface area contributed by atoms with E-state index in [4.69, 9.17) is 0 Å². The molecule has 0 amide bonds. The number of benzene rings is 2. The minimum atomic E-state index is 0.818. The van der Waals surface area contributed by atoms with Crippen molar-refractivity contribution in [1.82, 2.24) is 5.53 Å². The first-order valence-corrected chi connectivity index (χ1v) is 5.79. The molecule has 0 unspecified atom stereocenters. The Bertz CT molecular complexity index is 514. The van der Waals surface area contributed by atoms with Crippen LogP contribution in [0.2, 0.25) is 0 Å². The number of hydrogen-bond acceptors (Lipinski definition) is 3. The van der Waals surface area contributed by atoms with E-state index in [2.05, 4.69) is 21.3 Å². The summed E-state index contributed by atoms with van der Waals surface area (Å²) in [7, 11) is 0. The van der Waals surface area contributed by atoms with E-state index in [1.165, 1.54) is 11.1 Å².